The lowest BCUT2D eigenvalue weighted by molar-refractivity contribution is 0.0384. The van der Waals surface area contributed by atoms with E-state index in [0.717, 1.165) is 231 Å². The summed E-state index contributed by atoms with van der Waals surface area (Å²) in [6, 6.07) is 50.0. The second-order valence-corrected chi connectivity index (χ2v) is 37.8. The Bertz CT molecular complexity index is 7400. The summed E-state index contributed by atoms with van der Waals surface area (Å²) in [6.45, 7) is 34.1. The standard InChI is InChI=1S/C30H34N8O.C28H30N8O.C27H32N6O.C25H28N6O/c1-19(2)38-13-10-23(11-14-38)39-30-27-21(7-5-8-24(27)22-16-34-37(4)17-22)15-26(36-30)20(3)35-29-28-25(32-18-33-29)9-6-12-31-28;1-19(33-28-27-24(30-18-31-28)7-4-9-29-27)25-15-20-5-3-6-22(21-16-32-35(2)17-21)26(20)23(34-25)8-10-36-11-13-37-14-12-36;1-17(2)33-13-10-21(11-14-33)34-27-24-18(3)7-5-8-20(24)15-23(32-27)19(4)31-26-25-22(29-16-30-26)9-6-12-28-25;1-17-7-5-8-19-15-21(30-25(22(17)19)32-14-13-31-11-3-4-12-31)18(2)29-24-23-20(27-16-28-24)9-6-10-26-23/h5-9,12,15-20,23H,10-11,13-14H2,1-4H3,(H,32,33,35);3-7,9,15-19H,8,10-14H2,1-2H3,(H,30,31,33);5-9,12,15-17,19,21H,10-11,13-14H2,1-4H3,(H,29,30,31);5-10,15-16,18H,3-4,11-14H2,1-2H3,(H,27,28,29)/t20-;2*19-;18-/m0000/s1. The maximum atomic E-state index is 6.75. The summed E-state index contributed by atoms with van der Waals surface area (Å²) in [7, 11) is 3.88. The highest BCUT2D eigenvalue weighted by molar-refractivity contribution is 6.01. The second-order valence-electron chi connectivity index (χ2n) is 37.8. The molecule has 4 N–H and O–H groups in total. The molecule has 18 heterocycles. The summed E-state index contributed by atoms with van der Waals surface area (Å²) in [5.41, 5.74) is 17.7. The van der Waals surface area contributed by atoms with Crippen LogP contribution in [0.4, 0.5) is 23.3 Å². The van der Waals surface area contributed by atoms with Gasteiger partial charge in [0.25, 0.3) is 0 Å². The number of nitrogens with one attached hydrogen (secondary N) is 4. The fourth-order valence-corrected chi connectivity index (χ4v) is 19.4. The van der Waals surface area contributed by atoms with Gasteiger partial charge >= 0.3 is 0 Å². The van der Waals surface area contributed by atoms with Crippen LogP contribution in [0.5, 0.6) is 17.6 Å². The molecule has 14 aromatic heterocycles. The van der Waals surface area contributed by atoms with E-state index in [2.05, 4.69) is 283 Å². The summed E-state index contributed by atoms with van der Waals surface area (Å²) in [6.07, 6.45) is 28.9. The first-order chi connectivity index (χ1) is 69.3. The van der Waals surface area contributed by atoms with Gasteiger partial charge in [-0.3, -0.25) is 44.1 Å². The van der Waals surface area contributed by atoms with Gasteiger partial charge in [-0.15, -0.1) is 0 Å². The zero-order chi connectivity index (χ0) is 97.7. The van der Waals surface area contributed by atoms with Crippen molar-refractivity contribution in [3.63, 3.8) is 0 Å². The van der Waals surface area contributed by atoms with Crippen LogP contribution in [0.2, 0.25) is 0 Å². The lowest BCUT2D eigenvalue weighted by atomic mass is 9.96. The number of fused-ring (bicyclic) bond motifs is 8. The molecule has 4 aliphatic heterocycles. The van der Waals surface area contributed by atoms with Gasteiger partial charge in [0.05, 0.1) is 106 Å². The lowest BCUT2D eigenvalue weighted by Crippen LogP contribution is -2.41. The van der Waals surface area contributed by atoms with Crippen LogP contribution >= 0.6 is 0 Å². The van der Waals surface area contributed by atoms with E-state index < -0.39 is 0 Å². The monoisotopic (exact) mass is 1900 g/mol. The second kappa shape index (κ2) is 44.4. The minimum Gasteiger partial charge on any atom is -0.476 e. The van der Waals surface area contributed by atoms with Crippen molar-refractivity contribution in [3.05, 3.63) is 260 Å². The van der Waals surface area contributed by atoms with Crippen molar-refractivity contribution in [1.82, 2.24) is 119 Å². The SMILES string of the molecule is CC(C)N1CCC(Oc2nc([C@H](C)Nc3ncnc4cccnc34)cc3cccc(-c4cnn(C)c4)c23)CC1.C[C@H](Nc1ncnc2cccnc12)c1cc2cccc(-c3cnn(C)c3)c2c(CCN2CCOCC2)n1.Cc1cccc2cc([C@H](C)Nc3ncnc4cccnc34)nc(OC3CCN(C(C)C)CC3)c12.Cc1cccc2cc([C@H](C)Nc3ncnc4cccnc34)nc(OCCN3CCCC3)c12. The zero-order valence-electron chi connectivity index (χ0n) is 82.9. The molecule has 4 atom stereocenters. The Morgan fingerprint density at radius 2 is 0.732 bits per heavy atom. The normalized spacial score (nSPS) is 15.6. The number of piperidine rings is 2. The van der Waals surface area contributed by atoms with Gasteiger partial charge in [-0.1, -0.05) is 72.8 Å². The number of ether oxygens (including phenoxy) is 4. The van der Waals surface area contributed by atoms with Crippen LogP contribution in [0.15, 0.2) is 220 Å². The summed E-state index contributed by atoms with van der Waals surface area (Å²) in [5.74, 6) is 4.89. The first kappa shape index (κ1) is 96.2. The highest BCUT2D eigenvalue weighted by atomic mass is 16.5. The van der Waals surface area contributed by atoms with Crippen LogP contribution in [0.25, 0.3) is 109 Å². The van der Waals surface area contributed by atoms with Crippen molar-refractivity contribution in [2.75, 3.05) is 107 Å². The van der Waals surface area contributed by atoms with Gasteiger partial charge < -0.3 is 50.0 Å². The lowest BCUT2D eigenvalue weighted by Gasteiger charge is -2.34. The van der Waals surface area contributed by atoms with Crippen molar-refractivity contribution in [2.24, 2.45) is 14.1 Å². The largest absolute Gasteiger partial charge is 0.476 e. The number of aromatic nitrogens is 20. The number of rotatable bonds is 27. The van der Waals surface area contributed by atoms with Gasteiger partial charge in [0.15, 0.2) is 23.3 Å². The fraction of sp³-hybridized carbons (Fsp3) is 0.364. The molecule has 142 heavy (non-hydrogen) atoms. The van der Waals surface area contributed by atoms with Gasteiger partial charge in [-0.05, 0) is 237 Å². The molecule has 0 amide bonds. The summed E-state index contributed by atoms with van der Waals surface area (Å²) in [5, 5.41) is 31.7. The Kier molecular flexibility index (Phi) is 30.1. The third-order valence-electron chi connectivity index (χ3n) is 27.3. The third kappa shape index (κ3) is 22.5. The third-order valence-corrected chi connectivity index (χ3v) is 27.3. The van der Waals surface area contributed by atoms with Crippen molar-refractivity contribution in [3.8, 4) is 39.9 Å². The number of likely N-dealkylation sites (tertiary alicyclic amines) is 3. The van der Waals surface area contributed by atoms with Crippen LogP contribution < -0.4 is 35.5 Å². The molecule has 728 valence electrons. The van der Waals surface area contributed by atoms with E-state index in [-0.39, 0.29) is 36.4 Å². The molecule has 4 saturated heterocycles. The Morgan fingerprint density at radius 3 is 1.13 bits per heavy atom. The molecule has 22 rings (SSSR count). The van der Waals surface area contributed by atoms with Gasteiger partial charge in [0.1, 0.15) is 66.2 Å². The highest BCUT2D eigenvalue weighted by Gasteiger charge is 2.30. The zero-order valence-corrected chi connectivity index (χ0v) is 82.9. The molecule has 4 aliphatic rings. The number of nitrogens with zero attached hydrogens (tertiary/aromatic N) is 24. The van der Waals surface area contributed by atoms with E-state index in [0.29, 0.717) is 53.7 Å². The first-order valence-corrected chi connectivity index (χ1v) is 49.7. The molecule has 0 spiro atoms. The number of aryl methyl sites for hydroxylation is 4. The maximum Gasteiger partial charge on any atom is 0.222 e. The fourth-order valence-electron chi connectivity index (χ4n) is 19.4. The molecule has 0 aliphatic carbocycles. The van der Waals surface area contributed by atoms with Crippen LogP contribution in [0.3, 0.4) is 0 Å². The van der Waals surface area contributed by atoms with E-state index in [1.165, 1.54) is 47.8 Å². The molecule has 18 aromatic rings. The molecule has 32 heteroatoms. The minimum atomic E-state index is -0.137. The van der Waals surface area contributed by atoms with E-state index in [4.69, 9.17) is 38.9 Å². The van der Waals surface area contributed by atoms with Crippen molar-refractivity contribution in [2.45, 2.75) is 163 Å². The van der Waals surface area contributed by atoms with Gasteiger partial charge in [0, 0.05) is 149 Å². The Balaban J connectivity index is 0.000000121. The van der Waals surface area contributed by atoms with Crippen molar-refractivity contribution >= 4 is 110 Å². The van der Waals surface area contributed by atoms with E-state index in [1.807, 2.05) is 90.6 Å². The quantitative estimate of drug-likeness (QED) is 0.0371. The highest BCUT2D eigenvalue weighted by Crippen LogP contribution is 2.41. The van der Waals surface area contributed by atoms with E-state index >= 15 is 0 Å². The first-order valence-electron chi connectivity index (χ1n) is 49.7. The molecular weight excluding hydrogens is 1780 g/mol. The topological polar surface area (TPSA) is 340 Å². The van der Waals surface area contributed by atoms with E-state index in [1.54, 1.807) is 50.1 Å². The summed E-state index contributed by atoms with van der Waals surface area (Å²) < 4.78 is 28.8. The average Bonchev–Trinajstić information content (AvgIpc) is 1.36. The Hall–Kier alpha value is -14.7. The Morgan fingerprint density at radius 1 is 0.373 bits per heavy atom. The van der Waals surface area contributed by atoms with Gasteiger partial charge in [0.2, 0.25) is 17.6 Å². The predicted octanol–water partition coefficient (Wildman–Crippen LogP) is 19.3. The average molecular weight is 1900 g/mol. The van der Waals surface area contributed by atoms with E-state index in [9.17, 15) is 0 Å². The molecule has 0 unspecified atom stereocenters. The molecule has 0 bridgehead atoms. The van der Waals surface area contributed by atoms with Gasteiger partial charge in [-0.25, -0.2) is 54.8 Å². The predicted molar refractivity (Wildman–Crippen MR) is 561 cm³/mol. The summed E-state index contributed by atoms with van der Waals surface area (Å²) in [4.78, 5) is 83.2. The number of morpholine rings is 1. The number of hydrogen-bond acceptors (Lipinski definition) is 30. The van der Waals surface area contributed by atoms with Crippen LogP contribution in [0.1, 0.15) is 158 Å². The molecule has 0 saturated carbocycles. The van der Waals surface area contributed by atoms with Crippen LogP contribution in [0, 0.1) is 13.8 Å². The van der Waals surface area contributed by atoms with Gasteiger partial charge in [-0.2, -0.15) is 10.2 Å². The molecule has 32 nitrogen and oxygen atoms in total. The number of anilines is 4. The van der Waals surface area contributed by atoms with Crippen molar-refractivity contribution < 1.29 is 18.9 Å². The number of pyridine rings is 8. The summed E-state index contributed by atoms with van der Waals surface area (Å²) >= 11 is 0. The molecule has 4 aromatic carbocycles. The molecule has 0 radical (unpaired) electrons. The molecule has 4 fully saturated rings. The molecular formula is C110H124N28O4. The van der Waals surface area contributed by atoms with Crippen LogP contribution in [-0.2, 0) is 25.3 Å². The van der Waals surface area contributed by atoms with Crippen molar-refractivity contribution in [1.29, 1.82) is 0 Å². The maximum absolute atomic E-state index is 6.75. The minimum absolute atomic E-state index is 0.0753. The Labute approximate surface area is 826 Å². The number of hydrogen-bond donors (Lipinski definition) is 4. The number of benzene rings is 4. The smallest absolute Gasteiger partial charge is 0.222 e. The van der Waals surface area contributed by atoms with Crippen LogP contribution in [-0.4, -0.2) is 228 Å².